The Balaban J connectivity index is 0.00000784. The van der Waals surface area contributed by atoms with Gasteiger partial charge in [-0.2, -0.15) is 0 Å². The highest BCUT2D eigenvalue weighted by atomic mass is 127. The van der Waals surface area contributed by atoms with Crippen LogP contribution in [0.2, 0.25) is 0 Å². The summed E-state index contributed by atoms with van der Waals surface area (Å²) >= 11 is 0. The van der Waals surface area contributed by atoms with Crippen molar-refractivity contribution in [2.75, 3.05) is 53.6 Å². The summed E-state index contributed by atoms with van der Waals surface area (Å²) in [4.78, 5) is 17.9. The summed E-state index contributed by atoms with van der Waals surface area (Å²) in [5, 5.41) is 6.75. The molecule has 29 heavy (non-hydrogen) atoms. The number of guanidine groups is 1. The number of carbonyl (C=O) groups is 1. The third-order valence-electron chi connectivity index (χ3n) is 5.06. The maximum absolute atomic E-state index is 11.9. The molecular weight excluding hydrogens is 483 g/mol. The Kier molecular flexibility index (Phi) is 17.8. The Bertz CT molecular complexity index is 444. The lowest BCUT2D eigenvalue weighted by Crippen LogP contribution is -2.41. The van der Waals surface area contributed by atoms with Gasteiger partial charge in [-0.25, -0.2) is 4.99 Å². The number of hydrogen-bond donors (Lipinski definition) is 2. The van der Waals surface area contributed by atoms with Gasteiger partial charge in [0.25, 0.3) is 0 Å². The molecule has 0 saturated carbocycles. The van der Waals surface area contributed by atoms with E-state index in [1.807, 2.05) is 0 Å². The number of likely N-dealkylation sites (N-methyl/N-ethyl adjacent to an activating group) is 1. The average Bonchev–Trinajstić information content (AvgIpc) is 3.21. The van der Waals surface area contributed by atoms with Crippen molar-refractivity contribution in [2.45, 2.75) is 64.9 Å². The number of unbranched alkanes of at least 4 members (excludes halogenated alkanes) is 1. The van der Waals surface area contributed by atoms with Crippen LogP contribution >= 0.6 is 24.0 Å². The number of carbonyl (C=O) groups excluding carboxylic acids is 1. The highest BCUT2D eigenvalue weighted by molar-refractivity contribution is 14.0. The Morgan fingerprint density at radius 3 is 2.69 bits per heavy atom. The molecule has 7 nitrogen and oxygen atoms in total. The molecule has 2 atom stereocenters. The SMILES string of the molecule is CCCCC(CC)CNC(=NCC(=O)N(C)C)NCCCOCC1CCCO1.I. The summed E-state index contributed by atoms with van der Waals surface area (Å²) in [6.07, 6.45) is 8.26. The van der Waals surface area contributed by atoms with E-state index in [1.165, 1.54) is 19.3 Å². The number of amides is 1. The highest BCUT2D eigenvalue weighted by Crippen LogP contribution is 2.12. The summed E-state index contributed by atoms with van der Waals surface area (Å²) in [5.41, 5.74) is 0. The van der Waals surface area contributed by atoms with E-state index < -0.39 is 0 Å². The minimum atomic E-state index is -0.000906. The normalized spacial score (nSPS) is 17.5. The largest absolute Gasteiger partial charge is 0.379 e. The number of ether oxygens (including phenoxy) is 2. The fraction of sp³-hybridized carbons (Fsp3) is 0.905. The molecule has 1 saturated heterocycles. The zero-order valence-electron chi connectivity index (χ0n) is 18.9. The fourth-order valence-electron chi connectivity index (χ4n) is 3.02. The molecule has 1 aliphatic rings. The lowest BCUT2D eigenvalue weighted by Gasteiger charge is -2.19. The molecule has 1 rings (SSSR count). The zero-order valence-corrected chi connectivity index (χ0v) is 21.2. The van der Waals surface area contributed by atoms with Gasteiger partial charge in [0.2, 0.25) is 5.91 Å². The molecular formula is C21H43IN4O3. The van der Waals surface area contributed by atoms with Crippen LogP contribution in [-0.2, 0) is 14.3 Å². The predicted molar refractivity (Wildman–Crippen MR) is 130 cm³/mol. The minimum absolute atomic E-state index is 0. The van der Waals surface area contributed by atoms with Crippen molar-refractivity contribution in [3.8, 4) is 0 Å². The molecule has 0 bridgehead atoms. The third-order valence-corrected chi connectivity index (χ3v) is 5.06. The van der Waals surface area contributed by atoms with Gasteiger partial charge in [-0.05, 0) is 31.6 Å². The van der Waals surface area contributed by atoms with E-state index in [9.17, 15) is 4.79 Å². The Hall–Kier alpha value is -0.610. The van der Waals surface area contributed by atoms with Crippen molar-refractivity contribution >= 4 is 35.8 Å². The van der Waals surface area contributed by atoms with E-state index in [0.717, 1.165) is 45.4 Å². The first-order valence-electron chi connectivity index (χ1n) is 11.0. The van der Waals surface area contributed by atoms with E-state index in [-0.39, 0.29) is 42.5 Å². The summed E-state index contributed by atoms with van der Waals surface area (Å²) in [5.74, 6) is 1.34. The van der Waals surface area contributed by atoms with Crippen molar-refractivity contribution in [3.63, 3.8) is 0 Å². The van der Waals surface area contributed by atoms with Crippen molar-refractivity contribution in [1.29, 1.82) is 0 Å². The second-order valence-corrected chi connectivity index (χ2v) is 7.74. The molecule has 2 N–H and O–H groups in total. The third kappa shape index (κ3) is 14.1. The predicted octanol–water partition coefficient (Wildman–Crippen LogP) is 3.03. The molecule has 8 heteroatoms. The first kappa shape index (κ1) is 28.4. The van der Waals surface area contributed by atoms with Gasteiger partial charge < -0.3 is 25.0 Å². The van der Waals surface area contributed by atoms with E-state index in [1.54, 1.807) is 19.0 Å². The van der Waals surface area contributed by atoms with Gasteiger partial charge >= 0.3 is 0 Å². The first-order chi connectivity index (χ1) is 13.6. The van der Waals surface area contributed by atoms with Crippen LogP contribution in [0.4, 0.5) is 0 Å². The molecule has 1 heterocycles. The lowest BCUT2D eigenvalue weighted by atomic mass is 9.99. The van der Waals surface area contributed by atoms with Crippen molar-refractivity contribution in [1.82, 2.24) is 15.5 Å². The molecule has 0 spiro atoms. The molecule has 0 aromatic carbocycles. The molecule has 1 aliphatic heterocycles. The monoisotopic (exact) mass is 526 g/mol. The number of nitrogens with one attached hydrogen (secondary N) is 2. The maximum atomic E-state index is 11.9. The van der Waals surface area contributed by atoms with E-state index in [2.05, 4.69) is 29.5 Å². The van der Waals surface area contributed by atoms with Crippen LogP contribution in [0, 0.1) is 5.92 Å². The summed E-state index contributed by atoms with van der Waals surface area (Å²) in [6, 6.07) is 0. The van der Waals surface area contributed by atoms with Gasteiger partial charge in [-0.1, -0.05) is 33.1 Å². The Morgan fingerprint density at radius 1 is 1.28 bits per heavy atom. The van der Waals surface area contributed by atoms with Gasteiger partial charge in [0.15, 0.2) is 5.96 Å². The quantitative estimate of drug-likeness (QED) is 0.158. The second-order valence-electron chi connectivity index (χ2n) is 7.74. The summed E-state index contributed by atoms with van der Waals surface area (Å²) in [7, 11) is 3.50. The summed E-state index contributed by atoms with van der Waals surface area (Å²) in [6.45, 7) is 8.51. The second kappa shape index (κ2) is 18.2. The Labute approximate surface area is 194 Å². The number of halogens is 1. The van der Waals surface area contributed by atoms with E-state index in [0.29, 0.717) is 25.1 Å². The van der Waals surface area contributed by atoms with Gasteiger partial charge in [0.05, 0.1) is 12.7 Å². The number of hydrogen-bond acceptors (Lipinski definition) is 4. The summed E-state index contributed by atoms with van der Waals surface area (Å²) < 4.78 is 11.3. The number of rotatable bonds is 14. The lowest BCUT2D eigenvalue weighted by molar-refractivity contribution is -0.127. The average molecular weight is 527 g/mol. The molecule has 172 valence electrons. The highest BCUT2D eigenvalue weighted by Gasteiger charge is 2.15. The number of aliphatic imine (C=N–C) groups is 1. The topological polar surface area (TPSA) is 75.2 Å². The fourth-order valence-corrected chi connectivity index (χ4v) is 3.02. The maximum Gasteiger partial charge on any atom is 0.243 e. The van der Waals surface area contributed by atoms with E-state index in [4.69, 9.17) is 9.47 Å². The van der Waals surface area contributed by atoms with Gasteiger partial charge in [0, 0.05) is 40.4 Å². The molecule has 0 aliphatic carbocycles. The van der Waals surface area contributed by atoms with Gasteiger partial charge in [0.1, 0.15) is 6.54 Å². The smallest absolute Gasteiger partial charge is 0.243 e. The minimum Gasteiger partial charge on any atom is -0.379 e. The zero-order chi connectivity index (χ0) is 20.6. The van der Waals surface area contributed by atoms with Crippen LogP contribution in [0.15, 0.2) is 4.99 Å². The molecule has 1 amide bonds. The van der Waals surface area contributed by atoms with Crippen molar-refractivity contribution in [3.05, 3.63) is 0 Å². The molecule has 2 unspecified atom stereocenters. The van der Waals surface area contributed by atoms with Crippen LogP contribution in [0.25, 0.3) is 0 Å². The van der Waals surface area contributed by atoms with Crippen LogP contribution < -0.4 is 10.6 Å². The van der Waals surface area contributed by atoms with Crippen LogP contribution in [0.1, 0.15) is 58.8 Å². The van der Waals surface area contributed by atoms with Crippen molar-refractivity contribution in [2.24, 2.45) is 10.9 Å². The van der Waals surface area contributed by atoms with Gasteiger partial charge in [-0.3, -0.25) is 4.79 Å². The number of nitrogens with zero attached hydrogens (tertiary/aromatic N) is 2. The van der Waals surface area contributed by atoms with Crippen LogP contribution in [0.5, 0.6) is 0 Å². The van der Waals surface area contributed by atoms with E-state index >= 15 is 0 Å². The first-order valence-corrected chi connectivity index (χ1v) is 11.0. The van der Waals surface area contributed by atoms with Crippen molar-refractivity contribution < 1.29 is 14.3 Å². The standard InChI is InChI=1S/C21H42N4O3.HI/c1-5-7-10-18(6-2)15-23-21(24-16-20(26)25(3)4)22-12-9-13-27-17-19-11-8-14-28-19;/h18-19H,5-17H2,1-4H3,(H2,22,23,24);1H. The van der Waals surface area contributed by atoms with Crippen LogP contribution in [0.3, 0.4) is 0 Å². The van der Waals surface area contributed by atoms with Crippen LogP contribution in [-0.4, -0.2) is 76.4 Å². The molecule has 0 radical (unpaired) electrons. The Morgan fingerprint density at radius 2 is 2.07 bits per heavy atom. The molecule has 0 aromatic rings. The molecule has 0 aromatic heterocycles. The van der Waals surface area contributed by atoms with Gasteiger partial charge in [-0.15, -0.1) is 24.0 Å². The molecule has 1 fully saturated rings.